The molecule has 1 aromatic carbocycles. The van der Waals surface area contributed by atoms with Gasteiger partial charge in [-0.25, -0.2) is 0 Å². The molecule has 1 aromatic rings. The molecule has 2 saturated heterocycles. The predicted molar refractivity (Wildman–Crippen MR) is 123 cm³/mol. The topological polar surface area (TPSA) is 40.6 Å². The molecule has 0 radical (unpaired) electrons. The Hall–Kier alpha value is -1.84. The number of aryl methyl sites for hydroxylation is 1. The summed E-state index contributed by atoms with van der Waals surface area (Å²) in [7, 11) is 0. The molecular formula is C26H40N2O2. The molecule has 2 fully saturated rings. The van der Waals surface area contributed by atoms with Crippen molar-refractivity contribution in [2.75, 3.05) is 26.2 Å². The van der Waals surface area contributed by atoms with E-state index in [1.807, 2.05) is 17.0 Å². The Kier molecular flexibility index (Phi) is 7.96. The van der Waals surface area contributed by atoms with Gasteiger partial charge in [-0.2, -0.15) is 0 Å². The first-order chi connectivity index (χ1) is 14.3. The van der Waals surface area contributed by atoms with Gasteiger partial charge in [-0.3, -0.25) is 9.59 Å². The molecule has 2 amide bonds. The van der Waals surface area contributed by atoms with Crippen LogP contribution in [0.15, 0.2) is 24.3 Å². The van der Waals surface area contributed by atoms with Gasteiger partial charge in [-0.1, -0.05) is 45.7 Å². The van der Waals surface area contributed by atoms with E-state index in [9.17, 15) is 9.59 Å². The summed E-state index contributed by atoms with van der Waals surface area (Å²) in [6, 6.07) is 8.26. The highest BCUT2D eigenvalue weighted by atomic mass is 16.2. The number of carbonyl (C=O) groups excluding carboxylic acids is 2. The van der Waals surface area contributed by atoms with Gasteiger partial charge in [0.25, 0.3) is 5.91 Å². The SMILES string of the molecule is CC(C)(C)CC(=O)N1CCC(CCCCc2ccc(C(=O)N3CCCC3)cc2)CC1. The van der Waals surface area contributed by atoms with E-state index >= 15 is 0 Å². The zero-order chi connectivity index (χ0) is 21.6. The van der Waals surface area contributed by atoms with Crippen molar-refractivity contribution in [3.05, 3.63) is 35.4 Å². The first-order valence-corrected chi connectivity index (χ1v) is 12.0. The molecular weight excluding hydrogens is 372 g/mol. The van der Waals surface area contributed by atoms with E-state index in [4.69, 9.17) is 0 Å². The maximum absolute atomic E-state index is 12.4. The average molecular weight is 413 g/mol. The number of hydrogen-bond donors (Lipinski definition) is 0. The molecule has 4 nitrogen and oxygen atoms in total. The summed E-state index contributed by atoms with van der Waals surface area (Å²) >= 11 is 0. The van der Waals surface area contributed by atoms with E-state index < -0.39 is 0 Å². The van der Waals surface area contributed by atoms with Crippen molar-refractivity contribution in [3.8, 4) is 0 Å². The number of likely N-dealkylation sites (tertiary alicyclic amines) is 2. The number of unbranched alkanes of at least 4 members (excludes halogenated alkanes) is 1. The van der Waals surface area contributed by atoms with Crippen molar-refractivity contribution in [1.82, 2.24) is 9.80 Å². The predicted octanol–water partition coefficient (Wildman–Crippen LogP) is 5.31. The van der Waals surface area contributed by atoms with E-state index in [1.54, 1.807) is 0 Å². The molecule has 166 valence electrons. The second-order valence-corrected chi connectivity index (χ2v) is 10.5. The van der Waals surface area contributed by atoms with Crippen LogP contribution >= 0.6 is 0 Å². The van der Waals surface area contributed by atoms with Crippen LogP contribution in [0.5, 0.6) is 0 Å². The third kappa shape index (κ3) is 6.85. The summed E-state index contributed by atoms with van der Waals surface area (Å²) in [6.07, 6.45) is 10.0. The fourth-order valence-corrected chi connectivity index (χ4v) is 4.72. The second-order valence-electron chi connectivity index (χ2n) is 10.5. The summed E-state index contributed by atoms with van der Waals surface area (Å²) < 4.78 is 0. The average Bonchev–Trinajstić information content (AvgIpc) is 3.25. The number of benzene rings is 1. The van der Waals surface area contributed by atoms with Crippen molar-refractivity contribution in [2.24, 2.45) is 11.3 Å². The first kappa shape index (κ1) is 22.8. The van der Waals surface area contributed by atoms with Crippen LogP contribution in [0, 0.1) is 11.3 Å². The molecule has 30 heavy (non-hydrogen) atoms. The zero-order valence-electron chi connectivity index (χ0n) is 19.3. The highest BCUT2D eigenvalue weighted by Crippen LogP contribution is 2.26. The Morgan fingerprint density at radius 1 is 0.900 bits per heavy atom. The van der Waals surface area contributed by atoms with Crippen LogP contribution in [0.1, 0.15) is 88.1 Å². The van der Waals surface area contributed by atoms with E-state index in [0.717, 1.165) is 69.8 Å². The lowest BCUT2D eigenvalue weighted by atomic mass is 9.88. The van der Waals surface area contributed by atoms with Crippen LogP contribution in [0.25, 0.3) is 0 Å². The summed E-state index contributed by atoms with van der Waals surface area (Å²) in [5, 5.41) is 0. The third-order valence-corrected chi connectivity index (χ3v) is 6.57. The summed E-state index contributed by atoms with van der Waals surface area (Å²) in [5.41, 5.74) is 2.23. The zero-order valence-corrected chi connectivity index (χ0v) is 19.3. The lowest BCUT2D eigenvalue weighted by molar-refractivity contribution is -0.134. The van der Waals surface area contributed by atoms with Crippen LogP contribution in [0.3, 0.4) is 0 Å². The molecule has 0 saturated carbocycles. The van der Waals surface area contributed by atoms with Crippen molar-refractivity contribution in [1.29, 1.82) is 0 Å². The van der Waals surface area contributed by atoms with Gasteiger partial charge in [-0.05, 0) is 67.6 Å². The Morgan fingerprint density at radius 2 is 1.53 bits per heavy atom. The molecule has 0 unspecified atom stereocenters. The Balaban J connectivity index is 1.32. The van der Waals surface area contributed by atoms with Gasteiger partial charge in [0.1, 0.15) is 0 Å². The lowest BCUT2D eigenvalue weighted by Crippen LogP contribution is -2.39. The van der Waals surface area contributed by atoms with E-state index in [1.165, 1.54) is 24.8 Å². The Bertz CT molecular complexity index is 691. The maximum Gasteiger partial charge on any atom is 0.253 e. The van der Waals surface area contributed by atoms with Gasteiger partial charge in [0.15, 0.2) is 0 Å². The molecule has 0 atom stereocenters. The van der Waals surface area contributed by atoms with Crippen molar-refractivity contribution >= 4 is 11.8 Å². The van der Waals surface area contributed by atoms with E-state index in [-0.39, 0.29) is 11.3 Å². The van der Waals surface area contributed by atoms with Crippen molar-refractivity contribution in [3.63, 3.8) is 0 Å². The maximum atomic E-state index is 12.4. The molecule has 0 spiro atoms. The van der Waals surface area contributed by atoms with Gasteiger partial charge in [0, 0.05) is 38.2 Å². The highest BCUT2D eigenvalue weighted by Gasteiger charge is 2.25. The van der Waals surface area contributed by atoms with Crippen molar-refractivity contribution in [2.45, 2.75) is 78.6 Å². The molecule has 0 bridgehead atoms. The van der Waals surface area contributed by atoms with Crippen LogP contribution < -0.4 is 0 Å². The lowest BCUT2D eigenvalue weighted by Gasteiger charge is -2.33. The third-order valence-electron chi connectivity index (χ3n) is 6.57. The number of carbonyl (C=O) groups is 2. The van der Waals surface area contributed by atoms with Gasteiger partial charge >= 0.3 is 0 Å². The molecule has 2 aliphatic rings. The van der Waals surface area contributed by atoms with Gasteiger partial charge in [0.2, 0.25) is 5.91 Å². The van der Waals surface area contributed by atoms with Crippen LogP contribution in [-0.2, 0) is 11.2 Å². The summed E-state index contributed by atoms with van der Waals surface area (Å²) in [5.74, 6) is 1.28. The highest BCUT2D eigenvalue weighted by molar-refractivity contribution is 5.94. The Morgan fingerprint density at radius 3 is 2.13 bits per heavy atom. The standard InChI is InChI=1S/C26H40N2O2/c1-26(2,3)20-24(29)27-18-14-22(15-19-27)9-5-4-8-21-10-12-23(13-11-21)25(30)28-16-6-7-17-28/h10-13,22H,4-9,14-20H2,1-3H3. The molecule has 3 rings (SSSR count). The van der Waals surface area contributed by atoms with Crippen LogP contribution in [-0.4, -0.2) is 47.8 Å². The quantitative estimate of drug-likeness (QED) is 0.569. The smallest absolute Gasteiger partial charge is 0.253 e. The molecule has 2 heterocycles. The minimum Gasteiger partial charge on any atom is -0.343 e. The summed E-state index contributed by atoms with van der Waals surface area (Å²) in [6.45, 7) is 10.1. The normalized spacial score (nSPS) is 18.1. The molecule has 4 heteroatoms. The minimum absolute atomic E-state index is 0.0770. The van der Waals surface area contributed by atoms with Gasteiger partial charge in [-0.15, -0.1) is 0 Å². The van der Waals surface area contributed by atoms with Crippen molar-refractivity contribution < 1.29 is 9.59 Å². The molecule has 0 N–H and O–H groups in total. The first-order valence-electron chi connectivity index (χ1n) is 12.0. The largest absolute Gasteiger partial charge is 0.343 e. The number of amides is 2. The van der Waals surface area contributed by atoms with E-state index in [0.29, 0.717) is 12.3 Å². The number of nitrogens with zero attached hydrogens (tertiary/aromatic N) is 2. The molecule has 0 aliphatic carbocycles. The molecule has 0 aromatic heterocycles. The van der Waals surface area contributed by atoms with E-state index in [2.05, 4.69) is 37.8 Å². The van der Waals surface area contributed by atoms with Crippen LogP contribution in [0.2, 0.25) is 0 Å². The van der Waals surface area contributed by atoms with Crippen LogP contribution in [0.4, 0.5) is 0 Å². The Labute approximate surface area is 183 Å². The molecule has 2 aliphatic heterocycles. The number of piperidine rings is 1. The number of hydrogen-bond acceptors (Lipinski definition) is 2. The fourth-order valence-electron chi connectivity index (χ4n) is 4.72. The van der Waals surface area contributed by atoms with Gasteiger partial charge in [0.05, 0.1) is 0 Å². The van der Waals surface area contributed by atoms with Gasteiger partial charge < -0.3 is 9.80 Å². The number of rotatable bonds is 7. The summed E-state index contributed by atoms with van der Waals surface area (Å²) in [4.78, 5) is 28.9. The fraction of sp³-hybridized carbons (Fsp3) is 0.692. The monoisotopic (exact) mass is 412 g/mol. The minimum atomic E-state index is 0.0770. The second kappa shape index (κ2) is 10.5.